The van der Waals surface area contributed by atoms with Gasteiger partial charge in [-0.1, -0.05) is 12.8 Å². The topological polar surface area (TPSA) is 15.3 Å². The molecule has 0 saturated heterocycles. The predicted molar refractivity (Wildman–Crippen MR) is 64.4 cm³/mol. The van der Waals surface area contributed by atoms with E-state index in [1.165, 1.54) is 18.9 Å². The maximum Gasteiger partial charge on any atom is 0.151 e. The van der Waals surface area contributed by atoms with E-state index in [0.29, 0.717) is 17.4 Å². The van der Waals surface area contributed by atoms with Gasteiger partial charge in [0.05, 0.1) is 11.4 Å². The highest BCUT2D eigenvalue weighted by molar-refractivity contribution is 5.73. The maximum atomic E-state index is 13.7. The van der Waals surface area contributed by atoms with E-state index in [9.17, 15) is 8.78 Å². The number of fused-ring (bicyclic) bond motifs is 1. The van der Waals surface area contributed by atoms with Gasteiger partial charge in [0.15, 0.2) is 5.82 Å². The molecule has 1 aliphatic heterocycles. The normalized spacial score (nSPS) is 20.2. The van der Waals surface area contributed by atoms with Crippen molar-refractivity contribution in [3.05, 3.63) is 23.8 Å². The number of nitrogens with one attached hydrogen (secondary N) is 1. The van der Waals surface area contributed by atoms with Crippen LogP contribution in [0, 0.1) is 11.6 Å². The Kier molecular flexibility index (Phi) is 2.65. The number of halogens is 2. The lowest BCUT2D eigenvalue weighted by atomic mass is 10.1. The first-order valence-electron chi connectivity index (χ1n) is 6.25. The molecule has 1 heterocycles. The number of anilines is 2. The smallest absolute Gasteiger partial charge is 0.151 e. The minimum Gasteiger partial charge on any atom is -0.379 e. The molecule has 1 aromatic rings. The molecule has 1 saturated carbocycles. The van der Waals surface area contributed by atoms with Gasteiger partial charge >= 0.3 is 0 Å². The molecule has 0 radical (unpaired) electrons. The molecular formula is C13H16F2N2. The van der Waals surface area contributed by atoms with Crippen LogP contribution in [0.1, 0.15) is 25.7 Å². The highest BCUT2D eigenvalue weighted by Gasteiger charge is 2.28. The number of benzene rings is 1. The molecule has 3 rings (SSSR count). The molecule has 17 heavy (non-hydrogen) atoms. The van der Waals surface area contributed by atoms with Crippen molar-refractivity contribution in [3.8, 4) is 0 Å². The Bertz CT molecular complexity index is 428. The standard InChI is InChI=1S/C13H16F2N2/c14-9-7-11(15)13-12(8-9)17(6-5-16-13)10-3-1-2-4-10/h7-8,10,16H,1-6H2. The van der Waals surface area contributed by atoms with Crippen molar-refractivity contribution in [3.63, 3.8) is 0 Å². The van der Waals surface area contributed by atoms with Crippen molar-refractivity contribution < 1.29 is 8.78 Å². The molecule has 0 atom stereocenters. The van der Waals surface area contributed by atoms with Gasteiger partial charge in [-0.15, -0.1) is 0 Å². The van der Waals surface area contributed by atoms with Gasteiger partial charge in [0.25, 0.3) is 0 Å². The second kappa shape index (κ2) is 4.17. The molecule has 0 amide bonds. The summed E-state index contributed by atoms with van der Waals surface area (Å²) in [7, 11) is 0. The molecule has 1 aliphatic carbocycles. The van der Waals surface area contributed by atoms with Crippen LogP contribution in [0.5, 0.6) is 0 Å². The fraction of sp³-hybridized carbons (Fsp3) is 0.538. The molecule has 1 aromatic carbocycles. The Balaban J connectivity index is 2.00. The molecule has 1 fully saturated rings. The van der Waals surface area contributed by atoms with Crippen LogP contribution < -0.4 is 10.2 Å². The minimum atomic E-state index is -0.493. The Morgan fingerprint density at radius 3 is 2.71 bits per heavy atom. The number of rotatable bonds is 1. The first-order valence-corrected chi connectivity index (χ1v) is 6.25. The zero-order chi connectivity index (χ0) is 11.8. The first kappa shape index (κ1) is 10.8. The van der Waals surface area contributed by atoms with Crippen molar-refractivity contribution in [2.75, 3.05) is 23.3 Å². The average Bonchev–Trinajstić information content (AvgIpc) is 2.81. The zero-order valence-corrected chi connectivity index (χ0v) is 9.68. The Labute approximate surface area is 99.6 Å². The molecular weight excluding hydrogens is 222 g/mol. The highest BCUT2D eigenvalue weighted by atomic mass is 19.1. The Morgan fingerprint density at radius 1 is 1.18 bits per heavy atom. The molecule has 4 heteroatoms. The molecule has 0 spiro atoms. The molecule has 2 aliphatic rings. The van der Waals surface area contributed by atoms with Crippen LogP contribution in [-0.2, 0) is 0 Å². The van der Waals surface area contributed by atoms with Gasteiger partial charge in [0, 0.05) is 25.2 Å². The highest BCUT2D eigenvalue weighted by Crippen LogP contribution is 2.37. The fourth-order valence-electron chi connectivity index (χ4n) is 2.98. The summed E-state index contributed by atoms with van der Waals surface area (Å²) in [6.45, 7) is 1.56. The van der Waals surface area contributed by atoms with Crippen LogP contribution in [0.4, 0.5) is 20.2 Å². The quantitative estimate of drug-likeness (QED) is 0.808. The second-order valence-electron chi connectivity index (χ2n) is 4.84. The number of hydrogen-bond acceptors (Lipinski definition) is 2. The fourth-order valence-corrected chi connectivity index (χ4v) is 2.98. The second-order valence-corrected chi connectivity index (χ2v) is 4.84. The summed E-state index contributed by atoms with van der Waals surface area (Å²) in [6.07, 6.45) is 4.72. The van der Waals surface area contributed by atoms with Crippen LogP contribution in [0.2, 0.25) is 0 Å². The van der Waals surface area contributed by atoms with E-state index in [4.69, 9.17) is 0 Å². The van der Waals surface area contributed by atoms with Crippen LogP contribution in [0.25, 0.3) is 0 Å². The molecule has 0 bridgehead atoms. The van der Waals surface area contributed by atoms with Crippen molar-refractivity contribution in [2.45, 2.75) is 31.7 Å². The van der Waals surface area contributed by atoms with Crippen molar-refractivity contribution in [2.24, 2.45) is 0 Å². The molecule has 0 unspecified atom stereocenters. The Hall–Kier alpha value is -1.32. The van der Waals surface area contributed by atoms with Crippen LogP contribution in [-0.4, -0.2) is 19.1 Å². The zero-order valence-electron chi connectivity index (χ0n) is 9.68. The lowest BCUT2D eigenvalue weighted by Gasteiger charge is -2.36. The largest absolute Gasteiger partial charge is 0.379 e. The third-order valence-corrected chi connectivity index (χ3v) is 3.76. The molecule has 2 nitrogen and oxygen atoms in total. The van der Waals surface area contributed by atoms with Crippen LogP contribution in [0.15, 0.2) is 12.1 Å². The third-order valence-electron chi connectivity index (χ3n) is 3.76. The molecule has 92 valence electrons. The minimum absolute atomic E-state index is 0.456. The first-order chi connectivity index (χ1) is 8.25. The van der Waals surface area contributed by atoms with Gasteiger partial charge in [-0.2, -0.15) is 0 Å². The van der Waals surface area contributed by atoms with Crippen molar-refractivity contribution in [1.29, 1.82) is 0 Å². The summed E-state index contributed by atoms with van der Waals surface area (Å²) in [5.74, 6) is -0.976. The summed E-state index contributed by atoms with van der Waals surface area (Å²) in [5, 5.41) is 3.03. The monoisotopic (exact) mass is 238 g/mol. The Morgan fingerprint density at radius 2 is 1.94 bits per heavy atom. The summed E-state index contributed by atoms with van der Waals surface area (Å²) in [4.78, 5) is 2.17. The lowest BCUT2D eigenvalue weighted by molar-refractivity contribution is 0.566. The van der Waals surface area contributed by atoms with E-state index in [-0.39, 0.29) is 0 Å². The van der Waals surface area contributed by atoms with E-state index in [2.05, 4.69) is 10.2 Å². The van der Waals surface area contributed by atoms with E-state index in [1.54, 1.807) is 0 Å². The van der Waals surface area contributed by atoms with Gasteiger partial charge < -0.3 is 10.2 Å². The summed E-state index contributed by atoms with van der Waals surface area (Å²) in [5.41, 5.74) is 1.16. The van der Waals surface area contributed by atoms with E-state index < -0.39 is 11.6 Å². The molecule has 0 aromatic heterocycles. The van der Waals surface area contributed by atoms with Gasteiger partial charge in [-0.25, -0.2) is 8.78 Å². The van der Waals surface area contributed by atoms with Gasteiger partial charge in [0.1, 0.15) is 5.82 Å². The molecule has 1 N–H and O–H groups in total. The SMILES string of the molecule is Fc1cc(F)c2c(c1)N(C1CCCC1)CCN2. The van der Waals surface area contributed by atoms with Crippen LogP contribution >= 0.6 is 0 Å². The van der Waals surface area contributed by atoms with E-state index >= 15 is 0 Å². The summed E-state index contributed by atoms with van der Waals surface area (Å²) in [6, 6.07) is 2.85. The van der Waals surface area contributed by atoms with Crippen molar-refractivity contribution in [1.82, 2.24) is 0 Å². The predicted octanol–water partition coefficient (Wildman–Crippen LogP) is 3.14. The van der Waals surface area contributed by atoms with Crippen LogP contribution in [0.3, 0.4) is 0 Å². The summed E-state index contributed by atoms with van der Waals surface area (Å²) < 4.78 is 27.0. The van der Waals surface area contributed by atoms with Gasteiger partial charge in [-0.05, 0) is 18.9 Å². The maximum absolute atomic E-state index is 13.7. The van der Waals surface area contributed by atoms with E-state index in [0.717, 1.165) is 32.0 Å². The van der Waals surface area contributed by atoms with Gasteiger partial charge in [0.2, 0.25) is 0 Å². The average molecular weight is 238 g/mol. The van der Waals surface area contributed by atoms with Crippen molar-refractivity contribution >= 4 is 11.4 Å². The summed E-state index contributed by atoms with van der Waals surface area (Å²) >= 11 is 0. The van der Waals surface area contributed by atoms with E-state index in [1.807, 2.05) is 0 Å². The van der Waals surface area contributed by atoms with Gasteiger partial charge in [-0.3, -0.25) is 0 Å². The third kappa shape index (κ3) is 1.85. The lowest BCUT2D eigenvalue weighted by Crippen LogP contribution is -2.40. The number of hydrogen-bond donors (Lipinski definition) is 1. The number of nitrogens with zero attached hydrogens (tertiary/aromatic N) is 1.